The van der Waals surface area contributed by atoms with Crippen LogP contribution in [0.3, 0.4) is 0 Å². The second-order valence-electron chi connectivity index (χ2n) is 6.99. The van der Waals surface area contributed by atoms with Crippen molar-refractivity contribution in [1.82, 2.24) is 4.90 Å². The lowest BCUT2D eigenvalue weighted by Gasteiger charge is -2.19. The number of benzene rings is 3. The summed E-state index contributed by atoms with van der Waals surface area (Å²) in [5, 5.41) is 1.42. The minimum atomic E-state index is -0.449. The van der Waals surface area contributed by atoms with E-state index in [9.17, 15) is 9.59 Å². The summed E-state index contributed by atoms with van der Waals surface area (Å²) in [6.07, 6.45) is 1.59. The van der Waals surface area contributed by atoms with Crippen LogP contribution in [0.5, 0.6) is 11.5 Å². The third-order valence-electron chi connectivity index (χ3n) is 4.98. The summed E-state index contributed by atoms with van der Waals surface area (Å²) in [6, 6.07) is 18.3. The van der Waals surface area contributed by atoms with Crippen molar-refractivity contribution in [1.29, 1.82) is 0 Å². The number of hydrogen-bond acceptors (Lipinski definition) is 4. The van der Waals surface area contributed by atoms with Gasteiger partial charge in [-0.2, -0.15) is 0 Å². The second kappa shape index (κ2) is 9.92. The first-order chi connectivity index (χ1) is 14.6. The van der Waals surface area contributed by atoms with Crippen molar-refractivity contribution in [3.8, 4) is 11.5 Å². The molecule has 0 fully saturated rings. The van der Waals surface area contributed by atoms with E-state index < -0.39 is 12.1 Å². The molecule has 0 aliphatic rings. The lowest BCUT2D eigenvalue weighted by molar-refractivity contribution is 0.0737. The average molecular weight is 405 g/mol. The molecule has 0 atom stereocenters. The van der Waals surface area contributed by atoms with E-state index >= 15 is 0 Å². The maximum Gasteiger partial charge on any atom is 0.415 e. The molecule has 0 aliphatic carbocycles. The van der Waals surface area contributed by atoms with Crippen molar-refractivity contribution in [2.24, 2.45) is 0 Å². The smallest absolute Gasteiger partial charge is 0.415 e. The Labute approximate surface area is 177 Å². The number of esters is 1. The quantitative estimate of drug-likeness (QED) is 0.365. The maximum absolute atomic E-state index is 12.7. The second-order valence-corrected chi connectivity index (χ2v) is 6.99. The summed E-state index contributed by atoms with van der Waals surface area (Å²) in [4.78, 5) is 26.8. The van der Waals surface area contributed by atoms with Crippen LogP contribution in [-0.4, -0.2) is 30.1 Å². The van der Waals surface area contributed by atoms with Crippen molar-refractivity contribution in [3.05, 3.63) is 71.8 Å². The molecule has 3 rings (SSSR count). The maximum atomic E-state index is 12.7. The van der Waals surface area contributed by atoms with E-state index in [0.29, 0.717) is 35.5 Å². The Morgan fingerprint density at radius 2 is 1.40 bits per heavy atom. The molecule has 0 aromatic heterocycles. The van der Waals surface area contributed by atoms with Gasteiger partial charge in [0.25, 0.3) is 0 Å². The van der Waals surface area contributed by atoms with Gasteiger partial charge in [0.2, 0.25) is 0 Å². The zero-order valence-corrected chi connectivity index (χ0v) is 17.7. The van der Waals surface area contributed by atoms with Gasteiger partial charge in [0.15, 0.2) is 0 Å². The van der Waals surface area contributed by atoms with Crippen LogP contribution in [0.15, 0.2) is 60.7 Å². The SMILES string of the molecule is CCCc1ccc(C(=O)Oc2cccc3cccc(OC(=O)N(CC)CC)c23)cc1. The Morgan fingerprint density at radius 3 is 1.97 bits per heavy atom. The van der Waals surface area contributed by atoms with Crippen LogP contribution < -0.4 is 9.47 Å². The highest BCUT2D eigenvalue weighted by atomic mass is 16.6. The number of amides is 1. The lowest BCUT2D eigenvalue weighted by atomic mass is 10.1. The molecule has 3 aromatic rings. The Bertz CT molecular complexity index is 1020. The van der Waals surface area contributed by atoms with Gasteiger partial charge in [-0.25, -0.2) is 9.59 Å². The van der Waals surface area contributed by atoms with Gasteiger partial charge in [0.05, 0.1) is 10.9 Å². The summed E-state index contributed by atoms with van der Waals surface area (Å²) in [6.45, 7) is 7.01. The molecule has 0 unspecified atom stereocenters. The van der Waals surface area contributed by atoms with Gasteiger partial charge in [-0.15, -0.1) is 0 Å². The molecule has 0 spiro atoms. The first-order valence-electron chi connectivity index (χ1n) is 10.4. The Balaban J connectivity index is 1.90. The molecule has 0 heterocycles. The van der Waals surface area contributed by atoms with E-state index in [1.54, 1.807) is 29.2 Å². The number of nitrogens with zero attached hydrogens (tertiary/aromatic N) is 1. The number of hydrogen-bond donors (Lipinski definition) is 0. The standard InChI is InChI=1S/C25H27NO4/c1-4-9-18-14-16-20(17-15-18)24(27)29-21-12-7-10-19-11-8-13-22(23(19)21)30-25(28)26(5-2)6-3/h7-8,10-17H,4-6,9H2,1-3H3. The zero-order chi connectivity index (χ0) is 21.5. The fraction of sp³-hybridized carbons (Fsp3) is 0.280. The van der Waals surface area contributed by atoms with E-state index in [0.717, 1.165) is 18.2 Å². The van der Waals surface area contributed by atoms with Gasteiger partial charge in [-0.3, -0.25) is 0 Å². The van der Waals surface area contributed by atoms with Gasteiger partial charge < -0.3 is 14.4 Å². The predicted octanol–water partition coefficient (Wildman–Crippen LogP) is 5.85. The first kappa shape index (κ1) is 21.4. The molecule has 0 N–H and O–H groups in total. The van der Waals surface area contributed by atoms with Crippen molar-refractivity contribution in [3.63, 3.8) is 0 Å². The Morgan fingerprint density at radius 1 is 0.800 bits per heavy atom. The molecule has 0 radical (unpaired) electrons. The van der Waals surface area contributed by atoms with Gasteiger partial charge in [0.1, 0.15) is 11.5 Å². The van der Waals surface area contributed by atoms with Crippen LogP contribution in [-0.2, 0) is 6.42 Å². The number of carbonyl (C=O) groups excluding carboxylic acids is 2. The van der Waals surface area contributed by atoms with Gasteiger partial charge in [-0.1, -0.05) is 49.7 Å². The minimum absolute atomic E-state index is 0.359. The fourth-order valence-electron chi connectivity index (χ4n) is 3.34. The highest BCUT2D eigenvalue weighted by Gasteiger charge is 2.18. The van der Waals surface area contributed by atoms with Gasteiger partial charge in [-0.05, 0) is 55.5 Å². The molecule has 3 aromatic carbocycles. The van der Waals surface area contributed by atoms with Crippen molar-refractivity contribution < 1.29 is 19.1 Å². The average Bonchev–Trinajstić information content (AvgIpc) is 2.75. The highest BCUT2D eigenvalue weighted by molar-refractivity contribution is 5.99. The van der Waals surface area contributed by atoms with E-state index in [1.807, 2.05) is 50.2 Å². The monoisotopic (exact) mass is 405 g/mol. The molecule has 0 saturated heterocycles. The van der Waals surface area contributed by atoms with Crippen LogP contribution in [0, 0.1) is 0 Å². The third kappa shape index (κ3) is 4.79. The van der Waals surface area contributed by atoms with E-state index in [4.69, 9.17) is 9.47 Å². The van der Waals surface area contributed by atoms with E-state index in [-0.39, 0.29) is 0 Å². The molecular weight excluding hydrogens is 378 g/mol. The number of ether oxygens (including phenoxy) is 2. The van der Waals surface area contributed by atoms with Gasteiger partial charge >= 0.3 is 12.1 Å². The highest BCUT2D eigenvalue weighted by Crippen LogP contribution is 2.34. The van der Waals surface area contributed by atoms with E-state index in [2.05, 4.69) is 6.92 Å². The van der Waals surface area contributed by atoms with Crippen LogP contribution in [0.4, 0.5) is 4.79 Å². The third-order valence-corrected chi connectivity index (χ3v) is 4.98. The molecule has 30 heavy (non-hydrogen) atoms. The summed E-state index contributed by atoms with van der Waals surface area (Å²) < 4.78 is 11.3. The Hall–Kier alpha value is -3.34. The van der Waals surface area contributed by atoms with Crippen LogP contribution >= 0.6 is 0 Å². The number of aryl methyl sites for hydroxylation is 1. The van der Waals surface area contributed by atoms with Crippen molar-refractivity contribution in [2.75, 3.05) is 13.1 Å². The molecule has 0 aliphatic heterocycles. The normalized spacial score (nSPS) is 10.6. The molecule has 1 amide bonds. The summed E-state index contributed by atoms with van der Waals surface area (Å²) in [7, 11) is 0. The zero-order valence-electron chi connectivity index (χ0n) is 17.7. The molecule has 5 nitrogen and oxygen atoms in total. The van der Waals surface area contributed by atoms with Crippen molar-refractivity contribution >= 4 is 22.8 Å². The fourth-order valence-corrected chi connectivity index (χ4v) is 3.34. The summed E-state index contributed by atoms with van der Waals surface area (Å²) >= 11 is 0. The summed E-state index contributed by atoms with van der Waals surface area (Å²) in [5.41, 5.74) is 1.66. The van der Waals surface area contributed by atoms with Crippen molar-refractivity contribution in [2.45, 2.75) is 33.6 Å². The molecule has 5 heteroatoms. The van der Waals surface area contributed by atoms with Gasteiger partial charge in [0, 0.05) is 13.1 Å². The number of carbonyl (C=O) groups is 2. The molecular formula is C25H27NO4. The number of rotatable bonds is 7. The molecule has 0 saturated carbocycles. The van der Waals surface area contributed by atoms with Crippen LogP contribution in [0.2, 0.25) is 0 Å². The predicted molar refractivity (Wildman–Crippen MR) is 118 cm³/mol. The van der Waals surface area contributed by atoms with Crippen LogP contribution in [0.25, 0.3) is 10.8 Å². The summed E-state index contributed by atoms with van der Waals surface area (Å²) in [5.74, 6) is 0.277. The molecule has 0 bridgehead atoms. The van der Waals surface area contributed by atoms with Crippen LogP contribution in [0.1, 0.15) is 43.1 Å². The largest absolute Gasteiger partial charge is 0.422 e. The first-order valence-corrected chi connectivity index (χ1v) is 10.4. The molecule has 156 valence electrons. The number of fused-ring (bicyclic) bond motifs is 1. The minimum Gasteiger partial charge on any atom is -0.422 e. The topological polar surface area (TPSA) is 55.8 Å². The lowest BCUT2D eigenvalue weighted by Crippen LogP contribution is -2.33. The Kier molecular flexibility index (Phi) is 7.07. The van der Waals surface area contributed by atoms with E-state index in [1.165, 1.54) is 5.56 Å².